The number of benzene rings is 2. The van der Waals surface area contributed by atoms with Crippen molar-refractivity contribution >= 4 is 24.1 Å². The number of urea groups is 1. The van der Waals surface area contributed by atoms with Crippen molar-refractivity contribution in [3.05, 3.63) is 70.8 Å². The minimum atomic E-state index is -1.35. The fraction of sp³-hybridized carbons (Fsp3) is 0.333. The zero-order chi connectivity index (χ0) is 23.7. The molecule has 0 aromatic heterocycles. The van der Waals surface area contributed by atoms with E-state index in [0.717, 1.165) is 21.6 Å². The molecule has 2 aromatic carbocycles. The lowest BCUT2D eigenvalue weighted by molar-refractivity contribution is -0.143. The van der Waals surface area contributed by atoms with E-state index in [9.17, 15) is 19.5 Å². The minimum Gasteiger partial charge on any atom is -0.480 e. The van der Waals surface area contributed by atoms with Gasteiger partial charge in [-0.2, -0.15) is 5.10 Å². The maximum absolute atomic E-state index is 13.3. The number of carboxylic acids is 1. The molecular formula is C24H28N4O4. The Morgan fingerprint density at radius 1 is 1.09 bits per heavy atom. The first-order valence-corrected chi connectivity index (χ1v) is 10.3. The standard InChI is InChI=1S/C24H28N4O4/c1-23(2,3)18-9-7-17(8-10-18)14-28-22(32)27(15-20(29)30)21(31)24(28,4)19-11-5-16(6-12-19)13-26-25/h5-13H,14-15,25H2,1-4H3,(H,29,30)/t24-/m0/s1. The molecular weight excluding hydrogens is 408 g/mol. The molecule has 1 saturated heterocycles. The van der Waals surface area contributed by atoms with E-state index in [4.69, 9.17) is 5.84 Å². The van der Waals surface area contributed by atoms with E-state index in [1.807, 2.05) is 24.3 Å². The Hall–Kier alpha value is -3.68. The van der Waals surface area contributed by atoms with E-state index in [2.05, 4.69) is 25.9 Å². The summed E-state index contributed by atoms with van der Waals surface area (Å²) >= 11 is 0. The second-order valence-electron chi connectivity index (χ2n) is 9.07. The van der Waals surface area contributed by atoms with Crippen molar-refractivity contribution in [3.8, 4) is 0 Å². The zero-order valence-corrected chi connectivity index (χ0v) is 18.7. The number of aliphatic carboxylic acids is 1. The van der Waals surface area contributed by atoms with Crippen LogP contribution in [0.4, 0.5) is 4.79 Å². The summed E-state index contributed by atoms with van der Waals surface area (Å²) in [5.41, 5.74) is 1.94. The van der Waals surface area contributed by atoms with Crippen molar-refractivity contribution in [1.29, 1.82) is 0 Å². The molecule has 2 aromatic rings. The molecule has 0 aliphatic carbocycles. The van der Waals surface area contributed by atoms with Crippen molar-refractivity contribution < 1.29 is 19.5 Å². The van der Waals surface area contributed by atoms with E-state index in [1.165, 1.54) is 11.1 Å². The van der Waals surface area contributed by atoms with Crippen LogP contribution < -0.4 is 5.84 Å². The molecule has 32 heavy (non-hydrogen) atoms. The summed E-state index contributed by atoms with van der Waals surface area (Å²) in [6.45, 7) is 7.46. The third-order valence-corrected chi connectivity index (χ3v) is 5.81. The molecule has 1 heterocycles. The first-order chi connectivity index (χ1) is 15.0. The van der Waals surface area contributed by atoms with E-state index in [1.54, 1.807) is 31.2 Å². The van der Waals surface area contributed by atoms with Gasteiger partial charge in [-0.1, -0.05) is 69.3 Å². The highest BCUT2D eigenvalue weighted by Gasteiger charge is 2.55. The van der Waals surface area contributed by atoms with Gasteiger partial charge >= 0.3 is 12.0 Å². The molecule has 1 fully saturated rings. The number of nitrogens with zero attached hydrogens (tertiary/aromatic N) is 3. The fourth-order valence-electron chi connectivity index (χ4n) is 3.85. The average molecular weight is 437 g/mol. The second kappa shape index (κ2) is 8.45. The lowest BCUT2D eigenvalue weighted by Crippen LogP contribution is -2.44. The quantitative estimate of drug-likeness (QED) is 0.312. The Labute approximate surface area is 187 Å². The largest absolute Gasteiger partial charge is 0.480 e. The number of carbonyl (C=O) groups is 3. The van der Waals surface area contributed by atoms with E-state index in [-0.39, 0.29) is 12.0 Å². The van der Waals surface area contributed by atoms with Crippen LogP contribution in [0.15, 0.2) is 53.6 Å². The number of rotatable bonds is 6. The molecule has 1 atom stereocenters. The van der Waals surface area contributed by atoms with Gasteiger partial charge in [0.1, 0.15) is 12.1 Å². The first-order valence-electron chi connectivity index (χ1n) is 10.3. The summed E-state index contributed by atoms with van der Waals surface area (Å²) in [7, 11) is 0. The maximum atomic E-state index is 13.3. The number of amides is 3. The SMILES string of the molecule is CC(C)(C)c1ccc(CN2C(=O)N(CC(=O)O)C(=O)[C@]2(C)c2ccc(C=NN)cc2)cc1. The van der Waals surface area contributed by atoms with Crippen LogP contribution in [0.3, 0.4) is 0 Å². The van der Waals surface area contributed by atoms with Crippen molar-refractivity contribution in [2.24, 2.45) is 10.9 Å². The lowest BCUT2D eigenvalue weighted by atomic mass is 9.86. The smallest absolute Gasteiger partial charge is 0.328 e. The van der Waals surface area contributed by atoms with Gasteiger partial charge in [-0.25, -0.2) is 4.79 Å². The molecule has 3 rings (SSSR count). The second-order valence-corrected chi connectivity index (χ2v) is 9.07. The third-order valence-electron chi connectivity index (χ3n) is 5.81. The molecule has 168 valence electrons. The van der Waals surface area contributed by atoms with E-state index >= 15 is 0 Å². The summed E-state index contributed by atoms with van der Waals surface area (Å²) in [5.74, 6) is 3.37. The Morgan fingerprint density at radius 3 is 2.19 bits per heavy atom. The lowest BCUT2D eigenvalue weighted by Gasteiger charge is -2.32. The normalized spacial score (nSPS) is 19.2. The fourth-order valence-corrected chi connectivity index (χ4v) is 3.85. The van der Waals surface area contributed by atoms with Gasteiger partial charge in [-0.15, -0.1) is 0 Å². The van der Waals surface area contributed by atoms with Crippen LogP contribution in [0.5, 0.6) is 0 Å². The molecule has 1 aliphatic heterocycles. The van der Waals surface area contributed by atoms with Gasteiger partial charge in [0.05, 0.1) is 6.21 Å². The minimum absolute atomic E-state index is 0.0145. The Balaban J connectivity index is 2.02. The highest BCUT2D eigenvalue weighted by atomic mass is 16.4. The number of nitrogens with two attached hydrogens (primary N) is 1. The number of imide groups is 1. The number of hydrogen-bond donors (Lipinski definition) is 2. The summed E-state index contributed by atoms with van der Waals surface area (Å²) in [5, 5.41) is 12.7. The van der Waals surface area contributed by atoms with Gasteiger partial charge in [0.2, 0.25) is 0 Å². The van der Waals surface area contributed by atoms with Gasteiger partial charge < -0.3 is 15.8 Å². The summed E-state index contributed by atoms with van der Waals surface area (Å²) in [6, 6.07) is 14.2. The number of carbonyl (C=O) groups excluding carboxylic acids is 2. The molecule has 3 N–H and O–H groups in total. The van der Waals surface area contributed by atoms with Crippen LogP contribution in [0, 0.1) is 0 Å². The summed E-state index contributed by atoms with van der Waals surface area (Å²) in [6.07, 6.45) is 1.47. The maximum Gasteiger partial charge on any atom is 0.328 e. The van der Waals surface area contributed by atoms with E-state index < -0.39 is 30.0 Å². The molecule has 3 amide bonds. The van der Waals surface area contributed by atoms with Crippen molar-refractivity contribution in [2.75, 3.05) is 6.54 Å². The topological polar surface area (TPSA) is 116 Å². The van der Waals surface area contributed by atoms with Crippen LogP contribution in [-0.2, 0) is 27.1 Å². The predicted molar refractivity (Wildman–Crippen MR) is 121 cm³/mol. The van der Waals surface area contributed by atoms with Crippen molar-refractivity contribution in [1.82, 2.24) is 9.80 Å². The predicted octanol–water partition coefficient (Wildman–Crippen LogP) is 3.04. The Morgan fingerprint density at radius 2 is 1.69 bits per heavy atom. The molecule has 0 radical (unpaired) electrons. The number of hydrazone groups is 1. The summed E-state index contributed by atoms with van der Waals surface area (Å²) in [4.78, 5) is 40.0. The molecule has 1 aliphatic rings. The zero-order valence-electron chi connectivity index (χ0n) is 18.7. The van der Waals surface area contributed by atoms with Crippen LogP contribution in [0.25, 0.3) is 0 Å². The highest BCUT2D eigenvalue weighted by Crippen LogP contribution is 2.38. The molecule has 8 heteroatoms. The summed E-state index contributed by atoms with van der Waals surface area (Å²) < 4.78 is 0. The molecule has 0 saturated carbocycles. The third kappa shape index (κ3) is 4.21. The van der Waals surface area contributed by atoms with Crippen molar-refractivity contribution in [3.63, 3.8) is 0 Å². The number of hydrogen-bond acceptors (Lipinski definition) is 5. The van der Waals surface area contributed by atoms with Crippen molar-refractivity contribution in [2.45, 2.75) is 45.2 Å². The number of carboxylic acid groups (broad SMARTS) is 1. The average Bonchev–Trinajstić information content (AvgIpc) is 2.90. The Kier molecular flexibility index (Phi) is 6.07. The molecule has 0 spiro atoms. The van der Waals surface area contributed by atoms with Crippen LogP contribution in [0.1, 0.15) is 49.9 Å². The van der Waals surface area contributed by atoms with Gasteiger partial charge in [-0.3, -0.25) is 14.5 Å². The highest BCUT2D eigenvalue weighted by molar-refractivity contribution is 6.08. The van der Waals surface area contributed by atoms with Gasteiger partial charge in [0.15, 0.2) is 0 Å². The molecule has 8 nitrogen and oxygen atoms in total. The van der Waals surface area contributed by atoms with Crippen LogP contribution in [-0.4, -0.2) is 45.6 Å². The van der Waals surface area contributed by atoms with Crippen LogP contribution >= 0.6 is 0 Å². The van der Waals surface area contributed by atoms with Crippen LogP contribution in [0.2, 0.25) is 0 Å². The monoisotopic (exact) mass is 436 g/mol. The molecule has 0 unspecified atom stereocenters. The van der Waals surface area contributed by atoms with Gasteiger partial charge in [0, 0.05) is 6.54 Å². The molecule has 0 bridgehead atoms. The first kappa shape index (κ1) is 23.0. The van der Waals surface area contributed by atoms with Gasteiger partial charge in [-0.05, 0) is 34.6 Å². The Bertz CT molecular complexity index is 1050. The van der Waals surface area contributed by atoms with E-state index in [0.29, 0.717) is 5.56 Å². The van der Waals surface area contributed by atoms with Gasteiger partial charge in [0.25, 0.3) is 5.91 Å².